The first-order chi connectivity index (χ1) is 18.3. The van der Waals surface area contributed by atoms with Gasteiger partial charge in [0.1, 0.15) is 17.6 Å². The van der Waals surface area contributed by atoms with Crippen molar-refractivity contribution in [1.29, 1.82) is 0 Å². The van der Waals surface area contributed by atoms with E-state index in [2.05, 4.69) is 5.32 Å². The van der Waals surface area contributed by atoms with Crippen LogP contribution in [0.2, 0.25) is 0 Å². The van der Waals surface area contributed by atoms with Crippen molar-refractivity contribution in [2.24, 2.45) is 5.92 Å². The van der Waals surface area contributed by atoms with E-state index in [0.29, 0.717) is 27.0 Å². The molecule has 2 aliphatic heterocycles. The van der Waals surface area contributed by atoms with Gasteiger partial charge in [0.05, 0.1) is 33.7 Å². The summed E-state index contributed by atoms with van der Waals surface area (Å²) in [6, 6.07) is 18.1. The molecule has 8 nitrogen and oxygen atoms in total. The maximum absolute atomic E-state index is 13.8. The molecule has 3 amide bonds. The fraction of sp³-hybridized carbons (Fsp3) is 0.214. The zero-order chi connectivity index (χ0) is 26.6. The van der Waals surface area contributed by atoms with Crippen LogP contribution in [0.4, 0.5) is 11.4 Å². The molecule has 10 heteroatoms. The number of aromatic nitrogens is 1. The normalized spacial score (nSPS) is 20.4. The van der Waals surface area contributed by atoms with Crippen LogP contribution >= 0.6 is 23.1 Å². The molecule has 4 heterocycles. The van der Waals surface area contributed by atoms with Crippen molar-refractivity contribution in [3.05, 3.63) is 98.4 Å². The molecule has 3 atom stereocenters. The van der Waals surface area contributed by atoms with Crippen LogP contribution in [0.15, 0.2) is 81.2 Å². The van der Waals surface area contributed by atoms with Crippen molar-refractivity contribution in [3.63, 3.8) is 0 Å². The molecule has 1 fully saturated rings. The Morgan fingerprint density at radius 3 is 2.47 bits per heavy atom. The maximum atomic E-state index is 13.8. The van der Waals surface area contributed by atoms with Crippen LogP contribution in [0.3, 0.4) is 0 Å². The fourth-order valence-electron chi connectivity index (χ4n) is 5.05. The van der Waals surface area contributed by atoms with Crippen molar-refractivity contribution in [2.75, 3.05) is 10.2 Å². The van der Waals surface area contributed by atoms with Crippen LogP contribution in [0.1, 0.15) is 27.7 Å². The first kappa shape index (κ1) is 24.4. The van der Waals surface area contributed by atoms with E-state index in [0.717, 1.165) is 22.5 Å². The molecule has 1 saturated heterocycles. The lowest BCUT2D eigenvalue weighted by atomic mass is 9.87. The number of nitrogens with one attached hydrogen (secondary N) is 1. The average molecular weight is 546 g/mol. The van der Waals surface area contributed by atoms with E-state index in [-0.39, 0.29) is 29.1 Å². The Bertz CT molecular complexity index is 1620. The van der Waals surface area contributed by atoms with Gasteiger partial charge in [0.2, 0.25) is 17.7 Å². The molecule has 38 heavy (non-hydrogen) atoms. The molecule has 2 aliphatic rings. The summed E-state index contributed by atoms with van der Waals surface area (Å²) in [6.07, 6.45) is 1.51. The van der Waals surface area contributed by atoms with Gasteiger partial charge in [0.25, 0.3) is 0 Å². The zero-order valence-corrected chi connectivity index (χ0v) is 22.2. The van der Waals surface area contributed by atoms with Crippen LogP contribution < -0.4 is 15.1 Å². The van der Waals surface area contributed by atoms with Gasteiger partial charge in [-0.2, -0.15) is 0 Å². The van der Waals surface area contributed by atoms with Crippen LogP contribution in [-0.2, 0) is 20.9 Å². The molecule has 2 unspecified atom stereocenters. The summed E-state index contributed by atoms with van der Waals surface area (Å²) < 4.78 is 7.12. The topological polar surface area (TPSA) is 102 Å². The Balaban J connectivity index is 1.38. The van der Waals surface area contributed by atoms with Gasteiger partial charge in [0.15, 0.2) is 0 Å². The number of hydrogen-bond donors (Lipinski definition) is 1. The summed E-state index contributed by atoms with van der Waals surface area (Å²) in [5.74, 6) is -1.87. The summed E-state index contributed by atoms with van der Waals surface area (Å²) in [5, 5.41) is 2.60. The highest BCUT2D eigenvalue weighted by atomic mass is 32.2. The number of carbonyl (C=O) groups excluding carboxylic acids is 3. The average Bonchev–Trinajstić information content (AvgIpc) is 3.58. The number of benzene rings is 2. The standard InChI is InChI=1S/C28H23N3O5S2/c1-15-8-10-18(11-9-15)31-25(33)22-21(19-7-4-12-36-19)24-27(37-23(22)26(31)34)30(28(35)38-24)14-20(32)29-17-6-3-5-16(2)13-17/h3-13,21-23H,14H2,1-2H3,(H,29,32)/t21-,22?,23?/m1/s1. The number of nitrogens with zero attached hydrogens (tertiary/aromatic N) is 2. The summed E-state index contributed by atoms with van der Waals surface area (Å²) in [6.45, 7) is 3.65. The number of anilines is 2. The minimum atomic E-state index is -0.758. The van der Waals surface area contributed by atoms with Crippen molar-refractivity contribution in [1.82, 2.24) is 4.57 Å². The number of carbonyl (C=O) groups is 3. The summed E-state index contributed by atoms with van der Waals surface area (Å²) in [4.78, 5) is 55.0. The SMILES string of the molecule is Cc1ccc(N2C(=O)C3Sc4c(sc(=O)n4CC(=O)Nc4cccc(C)c4)[C@H](c4ccco4)C3C2=O)cc1. The Labute approximate surface area is 226 Å². The van der Waals surface area contributed by atoms with Crippen LogP contribution in [0.5, 0.6) is 0 Å². The first-order valence-electron chi connectivity index (χ1n) is 12.1. The minimum Gasteiger partial charge on any atom is -0.469 e. The Kier molecular flexibility index (Phi) is 6.08. The number of imide groups is 1. The Hall–Kier alpha value is -3.89. The predicted molar refractivity (Wildman–Crippen MR) is 146 cm³/mol. The zero-order valence-electron chi connectivity index (χ0n) is 20.5. The molecule has 0 spiro atoms. The minimum absolute atomic E-state index is 0.211. The van der Waals surface area contributed by atoms with Gasteiger partial charge >= 0.3 is 4.87 Å². The van der Waals surface area contributed by atoms with E-state index < -0.39 is 17.1 Å². The third-order valence-electron chi connectivity index (χ3n) is 6.79. The van der Waals surface area contributed by atoms with Gasteiger partial charge in [-0.1, -0.05) is 52.9 Å². The van der Waals surface area contributed by atoms with Gasteiger partial charge in [-0.05, 0) is 55.8 Å². The monoisotopic (exact) mass is 545 g/mol. The second kappa shape index (κ2) is 9.45. The van der Waals surface area contributed by atoms with Crippen LogP contribution in [0, 0.1) is 19.8 Å². The van der Waals surface area contributed by atoms with Crippen molar-refractivity contribution in [3.8, 4) is 0 Å². The number of thiazole rings is 1. The molecule has 0 saturated carbocycles. The Morgan fingerprint density at radius 2 is 1.76 bits per heavy atom. The smallest absolute Gasteiger partial charge is 0.308 e. The molecule has 0 radical (unpaired) electrons. The Morgan fingerprint density at radius 1 is 0.974 bits per heavy atom. The molecule has 192 valence electrons. The highest BCUT2D eigenvalue weighted by molar-refractivity contribution is 8.00. The lowest BCUT2D eigenvalue weighted by molar-refractivity contribution is -0.122. The van der Waals surface area contributed by atoms with Gasteiger partial charge in [-0.3, -0.25) is 23.7 Å². The van der Waals surface area contributed by atoms with E-state index in [1.807, 2.05) is 44.2 Å². The maximum Gasteiger partial charge on any atom is 0.308 e. The van der Waals surface area contributed by atoms with Crippen LogP contribution in [-0.4, -0.2) is 27.5 Å². The van der Waals surface area contributed by atoms with E-state index >= 15 is 0 Å². The molecule has 2 aromatic carbocycles. The van der Waals surface area contributed by atoms with E-state index in [1.165, 1.54) is 27.5 Å². The molecule has 4 aromatic rings. The first-order valence-corrected chi connectivity index (χ1v) is 13.8. The second-order valence-electron chi connectivity index (χ2n) is 9.45. The van der Waals surface area contributed by atoms with Gasteiger partial charge in [-0.25, -0.2) is 4.90 Å². The quantitative estimate of drug-likeness (QED) is 0.369. The molecule has 2 aromatic heterocycles. The number of rotatable bonds is 5. The highest BCUT2D eigenvalue weighted by Crippen LogP contribution is 2.53. The van der Waals surface area contributed by atoms with Gasteiger partial charge in [-0.15, -0.1) is 0 Å². The molecule has 6 rings (SSSR count). The lowest BCUT2D eigenvalue weighted by Crippen LogP contribution is -2.32. The molecule has 0 aliphatic carbocycles. The third-order valence-corrected chi connectivity index (χ3v) is 9.40. The van der Waals surface area contributed by atoms with E-state index in [4.69, 9.17) is 4.42 Å². The second-order valence-corrected chi connectivity index (χ2v) is 11.6. The van der Waals surface area contributed by atoms with Crippen molar-refractivity contribution in [2.45, 2.75) is 36.6 Å². The molecular formula is C28H23N3O5S2. The molecule has 0 bridgehead atoms. The summed E-state index contributed by atoms with van der Waals surface area (Å²) in [7, 11) is 0. The van der Waals surface area contributed by atoms with Gasteiger partial charge in [0, 0.05) is 5.69 Å². The van der Waals surface area contributed by atoms with E-state index in [9.17, 15) is 19.2 Å². The third kappa shape index (κ3) is 4.10. The fourth-order valence-corrected chi connectivity index (χ4v) is 7.80. The highest BCUT2D eigenvalue weighted by Gasteiger charge is 2.57. The van der Waals surface area contributed by atoms with Gasteiger partial charge < -0.3 is 9.73 Å². The molecule has 1 N–H and O–H groups in total. The van der Waals surface area contributed by atoms with Crippen LogP contribution in [0.25, 0.3) is 0 Å². The largest absolute Gasteiger partial charge is 0.469 e. The lowest BCUT2D eigenvalue weighted by Gasteiger charge is -2.29. The summed E-state index contributed by atoms with van der Waals surface area (Å²) >= 11 is 2.17. The number of thioether (sulfide) groups is 1. The summed E-state index contributed by atoms with van der Waals surface area (Å²) in [5.41, 5.74) is 3.16. The molecular weight excluding hydrogens is 522 g/mol. The number of hydrogen-bond acceptors (Lipinski definition) is 7. The number of aryl methyl sites for hydroxylation is 2. The van der Waals surface area contributed by atoms with Crippen molar-refractivity contribution < 1.29 is 18.8 Å². The predicted octanol–water partition coefficient (Wildman–Crippen LogP) is 4.55. The van der Waals surface area contributed by atoms with Crippen molar-refractivity contribution >= 4 is 52.2 Å². The number of fused-ring (bicyclic) bond motifs is 2. The van der Waals surface area contributed by atoms with E-state index in [1.54, 1.807) is 30.3 Å². The number of furan rings is 1. The number of amides is 3.